The lowest BCUT2D eigenvalue weighted by atomic mass is 10.1. The Bertz CT molecular complexity index is 294. The Morgan fingerprint density at radius 1 is 1.18 bits per heavy atom. The highest BCUT2D eigenvalue weighted by atomic mass is 127. The topological polar surface area (TPSA) is 48.9 Å². The quantitative estimate of drug-likeness (QED) is 0.355. The van der Waals surface area contributed by atoms with Crippen LogP contribution in [0.4, 0.5) is 0 Å². The molecule has 1 atom stereocenters. The Hall–Kier alpha value is -0.0800. The van der Waals surface area contributed by atoms with Crippen LogP contribution in [0.5, 0.6) is 0 Å². The lowest BCUT2D eigenvalue weighted by Crippen LogP contribution is -2.40. The van der Waals surface area contributed by atoms with Gasteiger partial charge in [-0.05, 0) is 25.2 Å². The number of nitrogens with one attached hydrogen (secondary N) is 2. The van der Waals surface area contributed by atoms with Crippen molar-refractivity contribution in [1.29, 1.82) is 0 Å². The Labute approximate surface area is 153 Å². The zero-order valence-corrected chi connectivity index (χ0v) is 17.1. The van der Waals surface area contributed by atoms with Crippen molar-refractivity contribution >= 4 is 29.9 Å². The first kappa shape index (κ1) is 21.9. The Morgan fingerprint density at radius 2 is 1.86 bits per heavy atom. The second-order valence-electron chi connectivity index (χ2n) is 6.35. The van der Waals surface area contributed by atoms with Gasteiger partial charge in [-0.2, -0.15) is 0 Å². The van der Waals surface area contributed by atoms with Crippen LogP contribution in [0.1, 0.15) is 34.1 Å². The fourth-order valence-electron chi connectivity index (χ4n) is 2.35. The summed E-state index contributed by atoms with van der Waals surface area (Å²) in [5.41, 5.74) is 0. The summed E-state index contributed by atoms with van der Waals surface area (Å²) < 4.78 is 5.39. The maximum atomic E-state index is 5.39. The van der Waals surface area contributed by atoms with Crippen LogP contribution in [0.2, 0.25) is 0 Å². The molecule has 1 fully saturated rings. The normalized spacial score (nSPS) is 18.0. The maximum Gasteiger partial charge on any atom is 0.191 e. The van der Waals surface area contributed by atoms with Crippen LogP contribution in [-0.4, -0.2) is 63.3 Å². The molecule has 1 aliphatic rings. The van der Waals surface area contributed by atoms with Crippen molar-refractivity contribution in [1.82, 2.24) is 15.5 Å². The predicted octanol–water partition coefficient (Wildman–Crippen LogP) is 2.17. The van der Waals surface area contributed by atoms with E-state index >= 15 is 0 Å². The molecule has 22 heavy (non-hydrogen) atoms. The number of morpholine rings is 1. The first-order chi connectivity index (χ1) is 10.1. The summed E-state index contributed by atoms with van der Waals surface area (Å²) in [6.07, 6.45) is 1.17. The highest BCUT2D eigenvalue weighted by Gasteiger charge is 2.13. The fourth-order valence-corrected chi connectivity index (χ4v) is 2.35. The van der Waals surface area contributed by atoms with Gasteiger partial charge in [0, 0.05) is 39.3 Å². The van der Waals surface area contributed by atoms with Crippen LogP contribution in [0.15, 0.2) is 4.99 Å². The monoisotopic (exact) mass is 426 g/mol. The molecule has 0 aliphatic carbocycles. The predicted molar refractivity (Wildman–Crippen MR) is 105 cm³/mol. The van der Waals surface area contributed by atoms with Gasteiger partial charge >= 0.3 is 0 Å². The summed E-state index contributed by atoms with van der Waals surface area (Å²) in [5.74, 6) is 2.25. The minimum absolute atomic E-state index is 0. The van der Waals surface area contributed by atoms with Gasteiger partial charge in [-0.25, -0.2) is 0 Å². The van der Waals surface area contributed by atoms with Gasteiger partial charge in [0.25, 0.3) is 0 Å². The van der Waals surface area contributed by atoms with Gasteiger partial charge in [0.15, 0.2) is 5.96 Å². The molecule has 0 amide bonds. The highest BCUT2D eigenvalue weighted by Crippen LogP contribution is 2.04. The van der Waals surface area contributed by atoms with Crippen LogP contribution in [0, 0.1) is 11.8 Å². The number of aliphatic imine (C=N–C) groups is 1. The van der Waals surface area contributed by atoms with Gasteiger partial charge in [-0.3, -0.25) is 9.89 Å². The van der Waals surface area contributed by atoms with E-state index in [1.807, 2.05) is 0 Å². The number of ether oxygens (including phenoxy) is 1. The third-order valence-corrected chi connectivity index (χ3v) is 3.59. The standard InChI is InChI=1S/C16H34N4O.HI/c1-5-17-16(18-7-6-14(2)3)19-12-15(4)13-20-8-10-21-11-9-20;/h14-15H,5-13H2,1-4H3,(H2,17,18,19);1H. The number of guanidine groups is 1. The molecule has 0 spiro atoms. The SMILES string of the molecule is CCNC(=NCC(C)CN1CCOCC1)NCCC(C)C.I. The van der Waals surface area contributed by atoms with Crippen molar-refractivity contribution in [3.05, 3.63) is 0 Å². The minimum atomic E-state index is 0. The van der Waals surface area contributed by atoms with Gasteiger partial charge in [-0.1, -0.05) is 20.8 Å². The third kappa shape index (κ3) is 10.6. The molecule has 0 radical (unpaired) electrons. The largest absolute Gasteiger partial charge is 0.379 e. The smallest absolute Gasteiger partial charge is 0.191 e. The third-order valence-electron chi connectivity index (χ3n) is 3.59. The van der Waals surface area contributed by atoms with E-state index in [1.54, 1.807) is 0 Å². The lowest BCUT2D eigenvalue weighted by molar-refractivity contribution is 0.0323. The van der Waals surface area contributed by atoms with E-state index in [9.17, 15) is 0 Å². The molecule has 1 aliphatic heterocycles. The first-order valence-electron chi connectivity index (χ1n) is 8.44. The summed E-state index contributed by atoms with van der Waals surface area (Å²) in [5, 5.41) is 6.74. The Morgan fingerprint density at radius 3 is 2.45 bits per heavy atom. The number of hydrogen-bond donors (Lipinski definition) is 2. The van der Waals surface area contributed by atoms with E-state index in [0.717, 1.165) is 64.4 Å². The second kappa shape index (κ2) is 13.4. The molecule has 1 unspecified atom stereocenters. The van der Waals surface area contributed by atoms with Crippen molar-refractivity contribution in [3.63, 3.8) is 0 Å². The molecule has 0 aromatic carbocycles. The van der Waals surface area contributed by atoms with E-state index in [1.165, 1.54) is 6.42 Å². The van der Waals surface area contributed by atoms with Crippen molar-refractivity contribution in [3.8, 4) is 0 Å². The zero-order chi connectivity index (χ0) is 15.5. The average Bonchev–Trinajstić information content (AvgIpc) is 2.45. The molecule has 2 N–H and O–H groups in total. The van der Waals surface area contributed by atoms with Crippen LogP contribution in [-0.2, 0) is 4.74 Å². The molecule has 6 heteroatoms. The summed E-state index contributed by atoms with van der Waals surface area (Å²) in [6.45, 7) is 16.6. The maximum absolute atomic E-state index is 5.39. The van der Waals surface area contributed by atoms with E-state index in [-0.39, 0.29) is 24.0 Å². The van der Waals surface area contributed by atoms with Crippen molar-refractivity contribution in [2.45, 2.75) is 34.1 Å². The van der Waals surface area contributed by atoms with Crippen LogP contribution < -0.4 is 10.6 Å². The first-order valence-corrected chi connectivity index (χ1v) is 8.44. The number of hydrogen-bond acceptors (Lipinski definition) is 3. The molecule has 5 nitrogen and oxygen atoms in total. The number of halogens is 1. The van der Waals surface area contributed by atoms with E-state index in [0.29, 0.717) is 5.92 Å². The van der Waals surface area contributed by atoms with Gasteiger partial charge < -0.3 is 15.4 Å². The lowest BCUT2D eigenvalue weighted by Gasteiger charge is -2.28. The zero-order valence-electron chi connectivity index (χ0n) is 14.7. The highest BCUT2D eigenvalue weighted by molar-refractivity contribution is 14.0. The van der Waals surface area contributed by atoms with Crippen LogP contribution in [0.25, 0.3) is 0 Å². The average molecular weight is 426 g/mol. The van der Waals surface area contributed by atoms with Gasteiger partial charge in [0.2, 0.25) is 0 Å². The molecule has 0 aromatic heterocycles. The fraction of sp³-hybridized carbons (Fsp3) is 0.938. The number of nitrogens with zero attached hydrogens (tertiary/aromatic N) is 2. The molecule has 1 saturated heterocycles. The molecule has 1 heterocycles. The van der Waals surface area contributed by atoms with Crippen molar-refractivity contribution in [2.24, 2.45) is 16.8 Å². The number of rotatable bonds is 8. The van der Waals surface area contributed by atoms with Crippen molar-refractivity contribution < 1.29 is 4.74 Å². The van der Waals surface area contributed by atoms with Crippen LogP contribution in [0.3, 0.4) is 0 Å². The Balaban J connectivity index is 0.00000441. The molecule has 0 aromatic rings. The molecule has 1 rings (SSSR count). The molecular formula is C16H35IN4O. The summed E-state index contributed by atoms with van der Waals surface area (Å²) in [4.78, 5) is 7.19. The van der Waals surface area contributed by atoms with E-state index in [4.69, 9.17) is 9.73 Å². The Kier molecular flexibility index (Phi) is 13.3. The molecular weight excluding hydrogens is 391 g/mol. The second-order valence-corrected chi connectivity index (χ2v) is 6.35. The van der Waals surface area contributed by atoms with Crippen molar-refractivity contribution in [2.75, 3.05) is 52.5 Å². The summed E-state index contributed by atoms with van der Waals surface area (Å²) in [7, 11) is 0. The van der Waals surface area contributed by atoms with E-state index in [2.05, 4.69) is 43.2 Å². The minimum Gasteiger partial charge on any atom is -0.379 e. The summed E-state index contributed by atoms with van der Waals surface area (Å²) >= 11 is 0. The van der Waals surface area contributed by atoms with Gasteiger partial charge in [0.05, 0.1) is 13.2 Å². The van der Waals surface area contributed by atoms with Gasteiger partial charge in [-0.15, -0.1) is 24.0 Å². The molecule has 0 bridgehead atoms. The van der Waals surface area contributed by atoms with E-state index < -0.39 is 0 Å². The van der Waals surface area contributed by atoms with Gasteiger partial charge in [0.1, 0.15) is 0 Å². The molecule has 132 valence electrons. The molecule has 0 saturated carbocycles. The summed E-state index contributed by atoms with van der Waals surface area (Å²) in [6, 6.07) is 0. The van der Waals surface area contributed by atoms with Crippen LogP contribution >= 0.6 is 24.0 Å².